The maximum absolute atomic E-state index is 2.52. The van der Waals surface area contributed by atoms with Crippen molar-refractivity contribution in [3.8, 4) is 0 Å². The SMILES string of the molecule is CC.CC(C)CN(C)C1CCSC1. The zero-order valence-corrected chi connectivity index (χ0v) is 10.7. The fraction of sp³-hybridized carbons (Fsp3) is 1.00. The Morgan fingerprint density at radius 3 is 2.38 bits per heavy atom. The highest BCUT2D eigenvalue weighted by atomic mass is 32.2. The Balaban J connectivity index is 0.000000671. The van der Waals surface area contributed by atoms with Crippen molar-refractivity contribution in [2.24, 2.45) is 5.92 Å². The van der Waals surface area contributed by atoms with Crippen molar-refractivity contribution in [1.29, 1.82) is 0 Å². The average molecular weight is 203 g/mol. The van der Waals surface area contributed by atoms with Crippen molar-refractivity contribution < 1.29 is 0 Å². The number of nitrogens with zero attached hydrogens (tertiary/aromatic N) is 1. The van der Waals surface area contributed by atoms with Crippen LogP contribution in [0.2, 0.25) is 0 Å². The molecule has 1 aliphatic rings. The Morgan fingerprint density at radius 1 is 1.38 bits per heavy atom. The maximum atomic E-state index is 2.52. The second-order valence-electron chi connectivity index (χ2n) is 3.85. The van der Waals surface area contributed by atoms with Crippen molar-refractivity contribution in [2.45, 2.75) is 40.2 Å². The van der Waals surface area contributed by atoms with Gasteiger partial charge in [-0.2, -0.15) is 11.8 Å². The molecular weight excluding hydrogens is 178 g/mol. The van der Waals surface area contributed by atoms with Gasteiger partial charge in [0.25, 0.3) is 0 Å². The average Bonchev–Trinajstić information content (AvgIpc) is 2.58. The highest BCUT2D eigenvalue weighted by molar-refractivity contribution is 7.99. The highest BCUT2D eigenvalue weighted by Crippen LogP contribution is 2.21. The van der Waals surface area contributed by atoms with E-state index in [9.17, 15) is 0 Å². The minimum absolute atomic E-state index is 0.811. The third-order valence-electron chi connectivity index (χ3n) is 2.18. The number of rotatable bonds is 3. The van der Waals surface area contributed by atoms with Crippen molar-refractivity contribution in [3.63, 3.8) is 0 Å². The molecule has 0 radical (unpaired) electrons. The largest absolute Gasteiger partial charge is 0.302 e. The van der Waals surface area contributed by atoms with Crippen LogP contribution in [0, 0.1) is 5.92 Å². The van der Waals surface area contributed by atoms with Crippen LogP contribution in [0.1, 0.15) is 34.1 Å². The standard InChI is InChI=1S/C9H19NS.C2H6/c1-8(2)6-10(3)9-4-5-11-7-9;1-2/h8-9H,4-7H2,1-3H3;1-2H3. The number of thioether (sulfide) groups is 1. The lowest BCUT2D eigenvalue weighted by Crippen LogP contribution is -2.34. The van der Waals surface area contributed by atoms with Gasteiger partial charge in [-0.1, -0.05) is 27.7 Å². The van der Waals surface area contributed by atoms with E-state index in [1.165, 1.54) is 24.5 Å². The molecule has 0 aliphatic carbocycles. The Kier molecular flexibility index (Phi) is 7.87. The third-order valence-corrected chi connectivity index (χ3v) is 3.33. The summed E-state index contributed by atoms with van der Waals surface area (Å²) >= 11 is 2.10. The van der Waals surface area contributed by atoms with Crippen LogP contribution in [-0.4, -0.2) is 36.0 Å². The molecule has 1 atom stereocenters. The van der Waals surface area contributed by atoms with Gasteiger partial charge in [0.15, 0.2) is 0 Å². The topological polar surface area (TPSA) is 3.24 Å². The molecule has 1 unspecified atom stereocenters. The lowest BCUT2D eigenvalue weighted by Gasteiger charge is -2.24. The second-order valence-corrected chi connectivity index (χ2v) is 5.00. The summed E-state index contributed by atoms with van der Waals surface area (Å²) in [6.45, 7) is 9.84. The van der Waals surface area contributed by atoms with Crippen LogP contribution in [0.5, 0.6) is 0 Å². The summed E-state index contributed by atoms with van der Waals surface area (Å²) in [5, 5.41) is 0. The molecule has 0 aromatic rings. The Bertz CT molecular complexity index is 109. The molecule has 13 heavy (non-hydrogen) atoms. The number of hydrogen-bond donors (Lipinski definition) is 0. The van der Waals surface area contributed by atoms with Gasteiger partial charge in [-0.15, -0.1) is 0 Å². The molecule has 0 spiro atoms. The van der Waals surface area contributed by atoms with Crippen LogP contribution in [0.3, 0.4) is 0 Å². The molecule has 0 aromatic heterocycles. The van der Waals surface area contributed by atoms with E-state index < -0.39 is 0 Å². The molecule has 1 heterocycles. The Hall–Kier alpha value is 0.310. The van der Waals surface area contributed by atoms with E-state index in [-0.39, 0.29) is 0 Å². The van der Waals surface area contributed by atoms with Crippen molar-refractivity contribution in [3.05, 3.63) is 0 Å². The molecule has 0 saturated carbocycles. The molecule has 2 heteroatoms. The summed E-state index contributed by atoms with van der Waals surface area (Å²) in [6, 6.07) is 0.863. The number of hydrogen-bond acceptors (Lipinski definition) is 2. The fourth-order valence-electron chi connectivity index (χ4n) is 1.59. The smallest absolute Gasteiger partial charge is 0.0191 e. The van der Waals surface area contributed by atoms with Gasteiger partial charge in [-0.25, -0.2) is 0 Å². The molecule has 0 aromatic carbocycles. The van der Waals surface area contributed by atoms with Gasteiger partial charge in [0.1, 0.15) is 0 Å². The molecular formula is C11H25NS. The molecule has 1 fully saturated rings. The minimum Gasteiger partial charge on any atom is -0.302 e. The van der Waals surface area contributed by atoms with Crippen LogP contribution in [0.25, 0.3) is 0 Å². The van der Waals surface area contributed by atoms with Crippen LogP contribution in [0.4, 0.5) is 0 Å². The zero-order chi connectivity index (χ0) is 10.3. The lowest BCUT2D eigenvalue weighted by molar-refractivity contribution is 0.235. The van der Waals surface area contributed by atoms with Crippen LogP contribution < -0.4 is 0 Å². The summed E-state index contributed by atoms with van der Waals surface area (Å²) in [6.07, 6.45) is 1.40. The van der Waals surface area contributed by atoms with E-state index in [2.05, 4.69) is 37.6 Å². The minimum atomic E-state index is 0.811. The van der Waals surface area contributed by atoms with Crippen molar-refractivity contribution in [2.75, 3.05) is 25.1 Å². The van der Waals surface area contributed by atoms with Gasteiger partial charge in [-0.3, -0.25) is 0 Å². The first kappa shape index (κ1) is 13.3. The summed E-state index contributed by atoms with van der Waals surface area (Å²) in [7, 11) is 2.26. The zero-order valence-electron chi connectivity index (χ0n) is 9.84. The van der Waals surface area contributed by atoms with Gasteiger partial charge in [0.05, 0.1) is 0 Å². The quantitative estimate of drug-likeness (QED) is 0.693. The van der Waals surface area contributed by atoms with Gasteiger partial charge >= 0.3 is 0 Å². The van der Waals surface area contributed by atoms with Crippen LogP contribution in [-0.2, 0) is 0 Å². The van der Waals surface area contributed by atoms with E-state index in [1.807, 2.05) is 13.8 Å². The van der Waals surface area contributed by atoms with Gasteiger partial charge in [-0.05, 0) is 25.1 Å². The van der Waals surface area contributed by atoms with E-state index in [0.717, 1.165) is 12.0 Å². The van der Waals surface area contributed by atoms with E-state index in [1.54, 1.807) is 0 Å². The second kappa shape index (κ2) is 7.69. The first-order chi connectivity index (χ1) is 6.20. The Morgan fingerprint density at radius 2 is 2.00 bits per heavy atom. The highest BCUT2D eigenvalue weighted by Gasteiger charge is 2.19. The predicted octanol–water partition coefficient (Wildman–Crippen LogP) is 3.11. The molecule has 1 aliphatic heterocycles. The molecule has 1 saturated heterocycles. The molecule has 0 bridgehead atoms. The predicted molar refractivity (Wildman–Crippen MR) is 64.5 cm³/mol. The molecule has 1 rings (SSSR count). The van der Waals surface area contributed by atoms with Crippen molar-refractivity contribution >= 4 is 11.8 Å². The first-order valence-corrected chi connectivity index (χ1v) is 6.63. The van der Waals surface area contributed by atoms with Crippen molar-refractivity contribution in [1.82, 2.24) is 4.90 Å². The first-order valence-electron chi connectivity index (χ1n) is 5.48. The summed E-state index contributed by atoms with van der Waals surface area (Å²) in [5.41, 5.74) is 0. The normalized spacial score (nSPS) is 21.9. The van der Waals surface area contributed by atoms with Crippen LogP contribution >= 0.6 is 11.8 Å². The lowest BCUT2D eigenvalue weighted by atomic mass is 10.1. The fourth-order valence-corrected chi connectivity index (χ4v) is 2.89. The van der Waals surface area contributed by atoms with Crippen LogP contribution in [0.15, 0.2) is 0 Å². The monoisotopic (exact) mass is 203 g/mol. The van der Waals surface area contributed by atoms with E-state index in [0.29, 0.717) is 0 Å². The molecule has 0 amide bonds. The molecule has 1 nitrogen and oxygen atoms in total. The van der Waals surface area contributed by atoms with E-state index >= 15 is 0 Å². The van der Waals surface area contributed by atoms with Gasteiger partial charge in [0, 0.05) is 18.3 Å². The summed E-state index contributed by atoms with van der Waals surface area (Å²) in [5.74, 6) is 3.53. The Labute approximate surface area is 88.3 Å². The third kappa shape index (κ3) is 5.58. The maximum Gasteiger partial charge on any atom is 0.0191 e. The van der Waals surface area contributed by atoms with Gasteiger partial charge < -0.3 is 4.90 Å². The molecule has 0 N–H and O–H groups in total. The van der Waals surface area contributed by atoms with Gasteiger partial charge in [0.2, 0.25) is 0 Å². The summed E-state index contributed by atoms with van der Waals surface area (Å²) in [4.78, 5) is 2.52. The molecule has 80 valence electrons. The van der Waals surface area contributed by atoms with E-state index in [4.69, 9.17) is 0 Å². The summed E-state index contributed by atoms with van der Waals surface area (Å²) < 4.78 is 0.